The number of rotatable bonds is 5. The first-order chi connectivity index (χ1) is 8.31. The van der Waals surface area contributed by atoms with Gasteiger partial charge in [0.25, 0.3) is 0 Å². The third-order valence-electron chi connectivity index (χ3n) is 2.81. The molecule has 0 radical (unpaired) electrons. The predicted molar refractivity (Wildman–Crippen MR) is 68.7 cm³/mol. The predicted octanol–water partition coefficient (Wildman–Crippen LogP) is 2.33. The van der Waals surface area contributed by atoms with Crippen molar-refractivity contribution in [2.45, 2.75) is 29.9 Å². The zero-order chi connectivity index (χ0) is 12.1. The molecule has 4 heteroatoms. The standard InChI is InChI=1S/C13H18O3S/c1-15-8-4-5-10(14)12-9-17-13-7-3-2-6-11(13)16-12/h2-3,6-7,10,12,14H,4-5,8-9H2,1H3. The topological polar surface area (TPSA) is 38.7 Å². The maximum absolute atomic E-state index is 10.0. The normalized spacial score (nSPS) is 20.5. The van der Waals surface area contributed by atoms with Crippen LogP contribution in [0.4, 0.5) is 0 Å². The minimum atomic E-state index is -0.411. The molecular weight excluding hydrogens is 236 g/mol. The molecule has 0 bridgehead atoms. The van der Waals surface area contributed by atoms with Gasteiger partial charge in [0.05, 0.1) is 6.10 Å². The highest BCUT2D eigenvalue weighted by molar-refractivity contribution is 7.99. The minimum Gasteiger partial charge on any atom is -0.486 e. The first kappa shape index (κ1) is 12.7. The fourth-order valence-electron chi connectivity index (χ4n) is 1.85. The Morgan fingerprint density at radius 1 is 1.53 bits per heavy atom. The molecule has 2 unspecified atom stereocenters. The van der Waals surface area contributed by atoms with Crippen LogP contribution in [-0.2, 0) is 4.74 Å². The van der Waals surface area contributed by atoms with Gasteiger partial charge in [0, 0.05) is 24.4 Å². The molecule has 0 spiro atoms. The van der Waals surface area contributed by atoms with E-state index in [1.54, 1.807) is 18.9 Å². The summed E-state index contributed by atoms with van der Waals surface area (Å²) < 4.78 is 10.8. The monoisotopic (exact) mass is 254 g/mol. The van der Waals surface area contributed by atoms with Crippen molar-refractivity contribution in [2.75, 3.05) is 19.5 Å². The quantitative estimate of drug-likeness (QED) is 0.819. The molecule has 1 aromatic carbocycles. The summed E-state index contributed by atoms with van der Waals surface area (Å²) in [7, 11) is 1.68. The van der Waals surface area contributed by atoms with Crippen LogP contribution in [-0.4, -0.2) is 36.8 Å². The Hall–Kier alpha value is -0.710. The summed E-state index contributed by atoms with van der Waals surface area (Å²) in [5, 5.41) is 10.0. The molecule has 94 valence electrons. The fraction of sp³-hybridized carbons (Fsp3) is 0.538. The van der Waals surface area contributed by atoms with Crippen molar-refractivity contribution in [3.8, 4) is 5.75 Å². The molecule has 3 nitrogen and oxygen atoms in total. The van der Waals surface area contributed by atoms with E-state index in [-0.39, 0.29) is 6.10 Å². The summed E-state index contributed by atoms with van der Waals surface area (Å²) in [6, 6.07) is 7.97. The van der Waals surface area contributed by atoms with Crippen molar-refractivity contribution in [2.24, 2.45) is 0 Å². The van der Waals surface area contributed by atoms with Gasteiger partial charge in [-0.25, -0.2) is 0 Å². The molecule has 0 saturated heterocycles. The SMILES string of the molecule is COCCCC(O)C1CSc2ccccc2O1. The fourth-order valence-corrected chi connectivity index (χ4v) is 2.92. The van der Waals surface area contributed by atoms with E-state index in [9.17, 15) is 5.11 Å². The van der Waals surface area contributed by atoms with Crippen LogP contribution < -0.4 is 4.74 Å². The van der Waals surface area contributed by atoms with Crippen molar-refractivity contribution in [3.05, 3.63) is 24.3 Å². The Bertz CT molecular complexity index is 356. The van der Waals surface area contributed by atoms with Crippen molar-refractivity contribution in [1.82, 2.24) is 0 Å². The average molecular weight is 254 g/mol. The van der Waals surface area contributed by atoms with Gasteiger partial charge in [0.1, 0.15) is 11.9 Å². The molecule has 0 aromatic heterocycles. The molecule has 0 fully saturated rings. The number of ether oxygens (including phenoxy) is 2. The third-order valence-corrected chi connectivity index (χ3v) is 3.95. The van der Waals surface area contributed by atoms with Crippen molar-refractivity contribution in [1.29, 1.82) is 0 Å². The molecule has 0 saturated carbocycles. The second-order valence-electron chi connectivity index (χ2n) is 4.12. The molecule has 1 aliphatic heterocycles. The summed E-state index contributed by atoms with van der Waals surface area (Å²) in [5.74, 6) is 1.70. The van der Waals surface area contributed by atoms with Crippen LogP contribution in [0, 0.1) is 0 Å². The average Bonchev–Trinajstić information content (AvgIpc) is 2.38. The number of methoxy groups -OCH3 is 1. The molecule has 17 heavy (non-hydrogen) atoms. The summed E-state index contributed by atoms with van der Waals surface area (Å²) >= 11 is 1.75. The molecule has 2 atom stereocenters. The number of para-hydroxylation sites is 1. The molecule has 0 aliphatic carbocycles. The summed E-state index contributed by atoms with van der Waals surface area (Å²) in [4.78, 5) is 1.16. The smallest absolute Gasteiger partial charge is 0.134 e. The molecule has 2 rings (SSSR count). The van der Waals surface area contributed by atoms with E-state index in [1.807, 2.05) is 24.3 Å². The Morgan fingerprint density at radius 2 is 2.35 bits per heavy atom. The van der Waals surface area contributed by atoms with Crippen LogP contribution >= 0.6 is 11.8 Å². The van der Waals surface area contributed by atoms with Crippen LogP contribution in [0.2, 0.25) is 0 Å². The van der Waals surface area contributed by atoms with E-state index in [0.717, 1.165) is 29.2 Å². The number of fused-ring (bicyclic) bond motifs is 1. The highest BCUT2D eigenvalue weighted by Gasteiger charge is 2.26. The highest BCUT2D eigenvalue weighted by Crippen LogP contribution is 2.36. The van der Waals surface area contributed by atoms with E-state index >= 15 is 0 Å². The second kappa shape index (κ2) is 6.28. The lowest BCUT2D eigenvalue weighted by Crippen LogP contribution is -2.36. The van der Waals surface area contributed by atoms with E-state index in [0.29, 0.717) is 6.61 Å². The molecule has 1 N–H and O–H groups in total. The largest absolute Gasteiger partial charge is 0.486 e. The Morgan fingerprint density at radius 3 is 3.18 bits per heavy atom. The molecular formula is C13H18O3S. The Kier molecular flexibility index (Phi) is 4.71. The number of aliphatic hydroxyl groups is 1. The summed E-state index contributed by atoms with van der Waals surface area (Å²) in [6.45, 7) is 0.688. The first-order valence-corrected chi connectivity index (χ1v) is 6.85. The van der Waals surface area contributed by atoms with E-state index in [2.05, 4.69) is 0 Å². The van der Waals surface area contributed by atoms with Gasteiger partial charge < -0.3 is 14.6 Å². The van der Waals surface area contributed by atoms with Gasteiger partial charge >= 0.3 is 0 Å². The van der Waals surface area contributed by atoms with Crippen LogP contribution in [0.3, 0.4) is 0 Å². The van der Waals surface area contributed by atoms with Crippen LogP contribution in [0.25, 0.3) is 0 Å². The molecule has 1 heterocycles. The van der Waals surface area contributed by atoms with Gasteiger partial charge in [-0.05, 0) is 25.0 Å². The zero-order valence-corrected chi connectivity index (χ0v) is 10.8. The van der Waals surface area contributed by atoms with Crippen molar-refractivity contribution >= 4 is 11.8 Å². The van der Waals surface area contributed by atoms with Gasteiger partial charge in [0.15, 0.2) is 0 Å². The molecule has 0 amide bonds. The Labute approximate surface area is 106 Å². The Balaban J connectivity index is 1.88. The first-order valence-electron chi connectivity index (χ1n) is 5.86. The number of thioether (sulfide) groups is 1. The van der Waals surface area contributed by atoms with Gasteiger partial charge in [-0.2, -0.15) is 0 Å². The lowest BCUT2D eigenvalue weighted by Gasteiger charge is -2.29. The molecule has 1 aliphatic rings. The summed E-state index contributed by atoms with van der Waals surface area (Å²) in [6.07, 6.45) is 1.07. The minimum absolute atomic E-state index is 0.105. The third kappa shape index (κ3) is 3.37. The number of benzene rings is 1. The van der Waals surface area contributed by atoms with E-state index in [4.69, 9.17) is 9.47 Å². The maximum Gasteiger partial charge on any atom is 0.134 e. The maximum atomic E-state index is 10.0. The number of hydrogen-bond donors (Lipinski definition) is 1. The van der Waals surface area contributed by atoms with Gasteiger partial charge in [-0.15, -0.1) is 11.8 Å². The van der Waals surface area contributed by atoms with Crippen LogP contribution in [0.1, 0.15) is 12.8 Å². The second-order valence-corrected chi connectivity index (χ2v) is 5.18. The van der Waals surface area contributed by atoms with Gasteiger partial charge in [0.2, 0.25) is 0 Å². The number of hydrogen-bond acceptors (Lipinski definition) is 4. The van der Waals surface area contributed by atoms with Crippen molar-refractivity contribution in [3.63, 3.8) is 0 Å². The zero-order valence-electron chi connectivity index (χ0n) is 9.96. The highest BCUT2D eigenvalue weighted by atomic mass is 32.2. The lowest BCUT2D eigenvalue weighted by molar-refractivity contribution is 0.0345. The van der Waals surface area contributed by atoms with Crippen LogP contribution in [0.15, 0.2) is 29.2 Å². The van der Waals surface area contributed by atoms with Crippen molar-refractivity contribution < 1.29 is 14.6 Å². The van der Waals surface area contributed by atoms with Gasteiger partial charge in [-0.3, -0.25) is 0 Å². The van der Waals surface area contributed by atoms with Gasteiger partial charge in [-0.1, -0.05) is 12.1 Å². The number of aliphatic hydroxyl groups excluding tert-OH is 1. The van der Waals surface area contributed by atoms with Crippen LogP contribution in [0.5, 0.6) is 5.75 Å². The summed E-state index contributed by atoms with van der Waals surface area (Å²) in [5.41, 5.74) is 0. The van der Waals surface area contributed by atoms with E-state index in [1.165, 1.54) is 0 Å². The lowest BCUT2D eigenvalue weighted by atomic mass is 10.1. The van der Waals surface area contributed by atoms with E-state index < -0.39 is 6.10 Å². The molecule has 1 aromatic rings.